The van der Waals surface area contributed by atoms with Gasteiger partial charge in [0.2, 0.25) is 5.76 Å². The van der Waals surface area contributed by atoms with Crippen LogP contribution in [0.15, 0.2) is 45.6 Å². The van der Waals surface area contributed by atoms with E-state index in [4.69, 9.17) is 9.15 Å². The van der Waals surface area contributed by atoms with E-state index >= 15 is 0 Å². The number of ether oxygens (including phenoxy) is 2. The minimum absolute atomic E-state index is 0.0626. The lowest BCUT2D eigenvalue weighted by atomic mass is 10.1. The monoisotopic (exact) mass is 327 g/mol. The topological polar surface area (TPSA) is 70.7 Å². The summed E-state index contributed by atoms with van der Waals surface area (Å²) in [7, 11) is 2.86. The Morgan fingerprint density at radius 1 is 1.21 bits per heavy atom. The maximum Gasteiger partial charge on any atom is 0.373 e. The average Bonchev–Trinajstić information content (AvgIpc) is 3.06. The first-order chi connectivity index (χ1) is 11.5. The summed E-state index contributed by atoms with van der Waals surface area (Å²) in [5, 5.41) is 0.569. The van der Waals surface area contributed by atoms with Crippen LogP contribution in [0.3, 0.4) is 0 Å². The number of hydrogen-bond acceptors (Lipinski definition) is 5. The Hall–Kier alpha value is -3.02. The van der Waals surface area contributed by atoms with Gasteiger partial charge in [0, 0.05) is 17.1 Å². The van der Waals surface area contributed by atoms with Crippen molar-refractivity contribution in [2.75, 3.05) is 14.2 Å². The second-order valence-electron chi connectivity index (χ2n) is 5.35. The first-order valence-electron chi connectivity index (χ1n) is 7.39. The molecule has 0 unspecified atom stereocenters. The molecule has 3 rings (SSSR count). The van der Waals surface area contributed by atoms with Crippen molar-refractivity contribution >= 4 is 16.9 Å². The van der Waals surface area contributed by atoms with Gasteiger partial charge in [-0.3, -0.25) is 4.79 Å². The van der Waals surface area contributed by atoms with Crippen molar-refractivity contribution in [3.8, 4) is 5.75 Å². The molecule has 0 radical (unpaired) electrons. The molecule has 0 aliphatic heterocycles. The number of fused-ring (bicyclic) bond motifs is 1. The minimum atomic E-state index is -0.527. The molecule has 0 atom stereocenters. The summed E-state index contributed by atoms with van der Waals surface area (Å²) >= 11 is 0. The van der Waals surface area contributed by atoms with Crippen LogP contribution in [0.5, 0.6) is 5.75 Å². The van der Waals surface area contributed by atoms with Crippen LogP contribution in [-0.4, -0.2) is 24.8 Å². The van der Waals surface area contributed by atoms with E-state index in [1.54, 1.807) is 43.5 Å². The minimum Gasteiger partial charge on any atom is -0.495 e. The number of aromatic nitrogens is 1. The van der Waals surface area contributed by atoms with Crippen LogP contribution < -0.4 is 10.2 Å². The summed E-state index contributed by atoms with van der Waals surface area (Å²) in [5.41, 5.74) is 1.40. The number of methoxy groups -OCH3 is 2. The third-order valence-corrected chi connectivity index (χ3v) is 3.88. The molecule has 6 nitrogen and oxygen atoms in total. The molecule has 0 saturated heterocycles. The van der Waals surface area contributed by atoms with E-state index in [1.165, 1.54) is 7.11 Å². The van der Waals surface area contributed by atoms with Crippen LogP contribution in [-0.2, 0) is 11.3 Å². The fourth-order valence-electron chi connectivity index (χ4n) is 2.72. The van der Waals surface area contributed by atoms with E-state index in [0.29, 0.717) is 29.0 Å². The van der Waals surface area contributed by atoms with Gasteiger partial charge < -0.3 is 18.5 Å². The van der Waals surface area contributed by atoms with Gasteiger partial charge in [0.1, 0.15) is 11.5 Å². The second-order valence-corrected chi connectivity index (χ2v) is 5.35. The van der Waals surface area contributed by atoms with Crippen molar-refractivity contribution in [1.29, 1.82) is 0 Å². The lowest BCUT2D eigenvalue weighted by molar-refractivity contribution is 0.0563. The highest BCUT2D eigenvalue weighted by Crippen LogP contribution is 2.25. The van der Waals surface area contributed by atoms with Crippen LogP contribution in [0.2, 0.25) is 0 Å². The Bertz CT molecular complexity index is 967. The molecule has 0 amide bonds. The van der Waals surface area contributed by atoms with Gasteiger partial charge in [-0.1, -0.05) is 6.07 Å². The van der Waals surface area contributed by atoms with Gasteiger partial charge in [-0.2, -0.15) is 0 Å². The van der Waals surface area contributed by atoms with Crippen molar-refractivity contribution in [2.24, 2.45) is 0 Å². The first-order valence-corrected chi connectivity index (χ1v) is 7.39. The summed E-state index contributed by atoms with van der Waals surface area (Å²) in [6.45, 7) is 2.21. The Labute approximate surface area is 138 Å². The highest BCUT2D eigenvalue weighted by Gasteiger charge is 2.15. The molecule has 0 saturated carbocycles. The Kier molecular flexibility index (Phi) is 4.12. The van der Waals surface area contributed by atoms with Crippen LogP contribution in [0.25, 0.3) is 10.9 Å². The number of carbonyl (C=O) groups is 1. The largest absolute Gasteiger partial charge is 0.495 e. The number of rotatable bonds is 4. The SMILES string of the molecule is COC(=O)c1ccc(Cn2c(C)cc(=O)c3cccc(OC)c32)o1. The van der Waals surface area contributed by atoms with Crippen molar-refractivity contribution in [2.45, 2.75) is 13.5 Å². The number of nitrogens with zero attached hydrogens (tertiary/aromatic N) is 1. The maximum atomic E-state index is 12.3. The zero-order chi connectivity index (χ0) is 17.3. The molecule has 0 aliphatic carbocycles. The molecular formula is C18H17NO5. The molecule has 0 spiro atoms. The first kappa shape index (κ1) is 15.9. The standard InChI is InChI=1S/C18H17NO5/c1-11-9-14(20)13-5-4-6-15(22-2)17(13)19(11)10-12-7-8-16(24-12)18(21)23-3/h4-9H,10H2,1-3H3. The summed E-state index contributed by atoms with van der Waals surface area (Å²) in [6, 6.07) is 10.2. The zero-order valence-electron chi connectivity index (χ0n) is 13.7. The van der Waals surface area contributed by atoms with Gasteiger partial charge >= 0.3 is 5.97 Å². The fourth-order valence-corrected chi connectivity index (χ4v) is 2.72. The number of hydrogen-bond donors (Lipinski definition) is 0. The molecule has 2 aromatic heterocycles. The lowest BCUT2D eigenvalue weighted by Crippen LogP contribution is -2.13. The zero-order valence-corrected chi connectivity index (χ0v) is 13.7. The van der Waals surface area contributed by atoms with Crippen LogP contribution in [0, 0.1) is 6.92 Å². The maximum absolute atomic E-state index is 12.3. The van der Waals surface area contributed by atoms with E-state index in [9.17, 15) is 9.59 Å². The summed E-state index contributed by atoms with van der Waals surface area (Å²) in [6.07, 6.45) is 0. The van der Waals surface area contributed by atoms with Crippen LogP contribution in [0.1, 0.15) is 22.0 Å². The normalized spacial score (nSPS) is 10.8. The highest BCUT2D eigenvalue weighted by molar-refractivity contribution is 5.86. The van der Waals surface area contributed by atoms with E-state index in [0.717, 1.165) is 5.69 Å². The predicted molar refractivity (Wildman–Crippen MR) is 88.6 cm³/mol. The fraction of sp³-hybridized carbons (Fsp3) is 0.222. The quantitative estimate of drug-likeness (QED) is 0.689. The van der Waals surface area contributed by atoms with Crippen molar-refractivity contribution < 1.29 is 18.7 Å². The van der Waals surface area contributed by atoms with E-state index in [-0.39, 0.29) is 11.2 Å². The number of para-hydroxylation sites is 1. The number of aryl methyl sites for hydroxylation is 1. The van der Waals surface area contributed by atoms with Gasteiger partial charge in [0.05, 0.1) is 26.3 Å². The Morgan fingerprint density at radius 3 is 2.71 bits per heavy atom. The van der Waals surface area contributed by atoms with Gasteiger partial charge in [-0.05, 0) is 31.2 Å². The summed E-state index contributed by atoms with van der Waals surface area (Å²) in [4.78, 5) is 23.8. The van der Waals surface area contributed by atoms with E-state index in [2.05, 4.69) is 4.74 Å². The van der Waals surface area contributed by atoms with Crippen molar-refractivity contribution in [3.05, 3.63) is 63.8 Å². The summed E-state index contributed by atoms with van der Waals surface area (Å²) in [5.74, 6) is 0.796. The van der Waals surface area contributed by atoms with E-state index in [1.807, 2.05) is 11.5 Å². The second kappa shape index (κ2) is 6.23. The molecule has 1 aromatic carbocycles. The number of furan rings is 1. The third kappa shape index (κ3) is 2.67. The number of carbonyl (C=O) groups excluding carboxylic acids is 1. The Morgan fingerprint density at radius 2 is 2.00 bits per heavy atom. The molecule has 6 heteroatoms. The number of benzene rings is 1. The molecule has 124 valence electrons. The average molecular weight is 327 g/mol. The molecule has 0 bridgehead atoms. The number of esters is 1. The van der Waals surface area contributed by atoms with Gasteiger partial charge in [0.25, 0.3) is 0 Å². The summed E-state index contributed by atoms with van der Waals surface area (Å²) < 4.78 is 17.5. The van der Waals surface area contributed by atoms with Crippen LogP contribution >= 0.6 is 0 Å². The lowest BCUT2D eigenvalue weighted by Gasteiger charge is -2.15. The number of pyridine rings is 1. The highest BCUT2D eigenvalue weighted by atomic mass is 16.5. The van der Waals surface area contributed by atoms with Crippen LogP contribution in [0.4, 0.5) is 0 Å². The van der Waals surface area contributed by atoms with Gasteiger partial charge in [-0.25, -0.2) is 4.79 Å². The smallest absolute Gasteiger partial charge is 0.373 e. The third-order valence-electron chi connectivity index (χ3n) is 3.88. The van der Waals surface area contributed by atoms with Crippen molar-refractivity contribution in [1.82, 2.24) is 4.57 Å². The predicted octanol–water partition coefficient (Wildman–Crippen LogP) is 2.75. The molecule has 3 aromatic rings. The van der Waals surface area contributed by atoms with E-state index < -0.39 is 5.97 Å². The van der Waals surface area contributed by atoms with Crippen molar-refractivity contribution in [3.63, 3.8) is 0 Å². The molecule has 0 fully saturated rings. The van der Waals surface area contributed by atoms with Gasteiger partial charge in [0.15, 0.2) is 5.43 Å². The Balaban J connectivity index is 2.14. The molecule has 0 aliphatic rings. The molecule has 2 heterocycles. The molecule has 0 N–H and O–H groups in total. The molecular weight excluding hydrogens is 310 g/mol. The molecule has 24 heavy (non-hydrogen) atoms. The van der Waals surface area contributed by atoms with Gasteiger partial charge in [-0.15, -0.1) is 0 Å².